The van der Waals surface area contributed by atoms with Crippen molar-refractivity contribution in [1.82, 2.24) is 0 Å². The zero-order valence-electron chi connectivity index (χ0n) is 6.53. The van der Waals surface area contributed by atoms with Crippen LogP contribution in [0.4, 0.5) is 13.2 Å². The molecule has 0 nitrogen and oxygen atoms in total. The van der Waals surface area contributed by atoms with Crippen LogP contribution < -0.4 is 0 Å². The lowest BCUT2D eigenvalue weighted by Gasteiger charge is -2.06. The first-order valence-corrected chi connectivity index (χ1v) is 4.04. The molecule has 0 saturated carbocycles. The fraction of sp³-hybridized carbons (Fsp3) is 0.222. The molecule has 0 unspecified atom stereocenters. The number of allylic oxidation sites excluding steroid dienone is 5. The molecule has 1 rings (SSSR count). The Kier molecular flexibility index (Phi) is 3.02. The molecule has 70 valence electrons. The zero-order valence-corrected chi connectivity index (χ0v) is 7.28. The van der Waals surface area contributed by atoms with Crippen LogP contribution in [0.3, 0.4) is 0 Å². The molecule has 0 fully saturated rings. The molecule has 0 N–H and O–H groups in total. The van der Waals surface area contributed by atoms with E-state index in [1.807, 2.05) is 0 Å². The van der Waals surface area contributed by atoms with Gasteiger partial charge in [-0.05, 0) is 23.8 Å². The quantitative estimate of drug-likeness (QED) is 0.456. The highest BCUT2D eigenvalue weighted by Crippen LogP contribution is 2.28. The van der Waals surface area contributed by atoms with Crippen LogP contribution in [0.5, 0.6) is 0 Å². The fourth-order valence-electron chi connectivity index (χ4n) is 0.829. The first-order chi connectivity index (χ1) is 6.04. The third-order valence-corrected chi connectivity index (χ3v) is 1.76. The van der Waals surface area contributed by atoms with E-state index in [4.69, 9.17) is 11.6 Å². The van der Waals surface area contributed by atoms with E-state index >= 15 is 0 Å². The van der Waals surface area contributed by atoms with Gasteiger partial charge in [-0.25, -0.2) is 0 Å². The molecule has 0 atom stereocenters. The summed E-state index contributed by atoms with van der Waals surface area (Å²) >= 11 is 5.43. The van der Waals surface area contributed by atoms with Crippen molar-refractivity contribution in [2.24, 2.45) is 0 Å². The van der Waals surface area contributed by atoms with E-state index in [1.54, 1.807) is 0 Å². The van der Waals surface area contributed by atoms with E-state index < -0.39 is 11.7 Å². The summed E-state index contributed by atoms with van der Waals surface area (Å²) in [6.07, 6.45) is 0.491. The van der Waals surface area contributed by atoms with Crippen LogP contribution in [0.2, 0.25) is 0 Å². The molecule has 0 saturated heterocycles. The van der Waals surface area contributed by atoms with E-state index in [-0.39, 0.29) is 5.88 Å². The predicted molar refractivity (Wildman–Crippen MR) is 45.6 cm³/mol. The number of rotatable bonds is 1. The molecular weight excluding hydrogens is 201 g/mol. The first-order valence-electron chi connectivity index (χ1n) is 3.50. The van der Waals surface area contributed by atoms with Crippen molar-refractivity contribution in [1.29, 1.82) is 0 Å². The molecule has 0 aromatic heterocycles. The lowest BCUT2D eigenvalue weighted by atomic mass is 10.2. The Morgan fingerprint density at radius 3 is 2.62 bits per heavy atom. The predicted octanol–water partition coefficient (Wildman–Crippen LogP) is 3.37. The van der Waals surface area contributed by atoms with Crippen LogP contribution in [-0.4, -0.2) is 12.1 Å². The summed E-state index contributed by atoms with van der Waals surface area (Å²) in [5.41, 5.74) is 2.09. The zero-order chi connectivity index (χ0) is 9.90. The number of halogens is 4. The SMILES string of the molecule is FC(F)(F)C1=CC(CCl)=CC=C=C1. The second-order valence-corrected chi connectivity index (χ2v) is 2.72. The fourth-order valence-corrected chi connectivity index (χ4v) is 0.996. The summed E-state index contributed by atoms with van der Waals surface area (Å²) in [6, 6.07) is 0. The average molecular weight is 207 g/mol. The van der Waals surface area contributed by atoms with Gasteiger partial charge in [-0.15, -0.1) is 17.3 Å². The minimum Gasteiger partial charge on any atom is -0.166 e. The third kappa shape index (κ3) is 2.79. The Hall–Kier alpha value is -0.920. The normalized spacial score (nSPS) is 16.6. The van der Waals surface area contributed by atoms with Crippen molar-refractivity contribution in [2.75, 3.05) is 5.88 Å². The second kappa shape index (κ2) is 3.86. The molecule has 0 bridgehead atoms. The molecule has 0 aromatic rings. The molecule has 1 aliphatic rings. The first kappa shape index (κ1) is 10.2. The van der Waals surface area contributed by atoms with Crippen molar-refractivity contribution in [3.63, 3.8) is 0 Å². The molecule has 0 radical (unpaired) electrons. The van der Waals surface area contributed by atoms with E-state index in [0.717, 1.165) is 12.2 Å². The monoisotopic (exact) mass is 206 g/mol. The van der Waals surface area contributed by atoms with E-state index in [9.17, 15) is 13.2 Å². The van der Waals surface area contributed by atoms with Crippen molar-refractivity contribution < 1.29 is 13.2 Å². The smallest absolute Gasteiger partial charge is 0.166 e. The maximum absolute atomic E-state index is 12.2. The Bertz CT molecular complexity index is 314. The summed E-state index contributed by atoms with van der Waals surface area (Å²) < 4.78 is 36.6. The van der Waals surface area contributed by atoms with Gasteiger partial charge in [0.05, 0.1) is 5.57 Å². The van der Waals surface area contributed by atoms with Crippen LogP contribution in [-0.2, 0) is 0 Å². The molecule has 1 aliphatic carbocycles. The minimum absolute atomic E-state index is 0.0611. The van der Waals surface area contributed by atoms with Gasteiger partial charge >= 0.3 is 6.18 Å². The van der Waals surface area contributed by atoms with Crippen LogP contribution in [0, 0.1) is 0 Å². The molecular formula is C9H6ClF3. The molecule has 0 heterocycles. The largest absolute Gasteiger partial charge is 0.417 e. The van der Waals surface area contributed by atoms with Gasteiger partial charge in [0.1, 0.15) is 0 Å². The maximum Gasteiger partial charge on any atom is 0.417 e. The molecule has 0 aromatic carbocycles. The molecule has 0 spiro atoms. The number of hydrogen-bond donors (Lipinski definition) is 0. The lowest BCUT2D eigenvalue weighted by molar-refractivity contribution is -0.0882. The standard InChI is InChI=1S/C9H6ClF3/c10-6-7-3-1-2-4-8(5-7)9(11,12)13/h1,3-5H,6H2. The van der Waals surface area contributed by atoms with Crippen LogP contribution in [0.15, 0.2) is 41.2 Å². The maximum atomic E-state index is 12.2. The van der Waals surface area contributed by atoms with Crippen LogP contribution >= 0.6 is 11.6 Å². The lowest BCUT2D eigenvalue weighted by Crippen LogP contribution is -2.09. The van der Waals surface area contributed by atoms with Crippen LogP contribution in [0.1, 0.15) is 0 Å². The molecule has 13 heavy (non-hydrogen) atoms. The van der Waals surface area contributed by atoms with Gasteiger partial charge < -0.3 is 0 Å². The van der Waals surface area contributed by atoms with Crippen molar-refractivity contribution in [2.45, 2.75) is 6.18 Å². The number of alkyl halides is 4. The Morgan fingerprint density at radius 2 is 2.08 bits per heavy atom. The topological polar surface area (TPSA) is 0 Å². The Morgan fingerprint density at radius 1 is 1.38 bits per heavy atom. The molecule has 4 heteroatoms. The average Bonchev–Trinajstić information content (AvgIpc) is 2.27. The highest BCUT2D eigenvalue weighted by Gasteiger charge is 2.31. The minimum atomic E-state index is -4.34. The van der Waals surface area contributed by atoms with Gasteiger partial charge in [0.15, 0.2) is 0 Å². The van der Waals surface area contributed by atoms with E-state index in [1.165, 1.54) is 12.2 Å². The second-order valence-electron chi connectivity index (χ2n) is 2.45. The van der Waals surface area contributed by atoms with Crippen molar-refractivity contribution in [3.05, 3.63) is 41.2 Å². The van der Waals surface area contributed by atoms with Gasteiger partial charge in [-0.3, -0.25) is 0 Å². The highest BCUT2D eigenvalue weighted by molar-refractivity contribution is 6.19. The van der Waals surface area contributed by atoms with E-state index in [2.05, 4.69) is 5.73 Å². The summed E-state index contributed by atoms with van der Waals surface area (Å²) in [5.74, 6) is 0.0611. The Balaban J connectivity index is 3.05. The summed E-state index contributed by atoms with van der Waals surface area (Å²) in [7, 11) is 0. The number of hydrogen-bond acceptors (Lipinski definition) is 0. The third-order valence-electron chi connectivity index (χ3n) is 1.45. The van der Waals surface area contributed by atoms with Gasteiger partial charge in [-0.1, -0.05) is 6.08 Å². The van der Waals surface area contributed by atoms with Crippen molar-refractivity contribution in [3.8, 4) is 0 Å². The van der Waals surface area contributed by atoms with Crippen molar-refractivity contribution >= 4 is 11.6 Å². The summed E-state index contributed by atoms with van der Waals surface area (Å²) in [5, 5.41) is 0. The van der Waals surface area contributed by atoms with Gasteiger partial charge in [-0.2, -0.15) is 13.2 Å². The van der Waals surface area contributed by atoms with Gasteiger partial charge in [0.2, 0.25) is 0 Å². The Labute approximate surface area is 78.7 Å². The van der Waals surface area contributed by atoms with E-state index in [0.29, 0.717) is 5.57 Å². The molecule has 0 amide bonds. The summed E-state index contributed by atoms with van der Waals surface area (Å²) in [6.45, 7) is 0. The molecule has 0 aliphatic heterocycles. The van der Waals surface area contributed by atoms with Crippen LogP contribution in [0.25, 0.3) is 0 Å². The van der Waals surface area contributed by atoms with Gasteiger partial charge in [0, 0.05) is 5.88 Å². The summed E-state index contributed by atoms with van der Waals surface area (Å²) in [4.78, 5) is 0. The van der Waals surface area contributed by atoms with Gasteiger partial charge in [0.25, 0.3) is 0 Å². The highest BCUT2D eigenvalue weighted by atomic mass is 35.5.